The second-order valence-electron chi connectivity index (χ2n) is 8.59. The van der Waals surface area contributed by atoms with Crippen LogP contribution in [-0.4, -0.2) is 50.3 Å². The van der Waals surface area contributed by atoms with Crippen molar-refractivity contribution in [3.63, 3.8) is 0 Å². The third-order valence-electron chi connectivity index (χ3n) is 6.14. The van der Waals surface area contributed by atoms with Crippen molar-refractivity contribution >= 4 is 27.5 Å². The molecule has 0 bridgehead atoms. The number of benzene rings is 2. The van der Waals surface area contributed by atoms with E-state index in [2.05, 4.69) is 10.6 Å². The fourth-order valence-electron chi connectivity index (χ4n) is 4.25. The van der Waals surface area contributed by atoms with Crippen LogP contribution in [0.25, 0.3) is 0 Å². The number of carbonyl (C=O) groups excluding carboxylic acids is 2. The van der Waals surface area contributed by atoms with Gasteiger partial charge < -0.3 is 15.4 Å². The lowest BCUT2D eigenvalue weighted by molar-refractivity contribution is -0.126. The van der Waals surface area contributed by atoms with Crippen molar-refractivity contribution < 1.29 is 22.7 Å². The normalized spacial score (nSPS) is 21.0. The molecule has 0 aliphatic carbocycles. The van der Waals surface area contributed by atoms with Crippen molar-refractivity contribution in [1.82, 2.24) is 9.62 Å². The Kier molecular flexibility index (Phi) is 6.71. The zero-order valence-electron chi connectivity index (χ0n) is 18.8. The summed E-state index contributed by atoms with van der Waals surface area (Å²) in [6, 6.07) is 13.0. The van der Waals surface area contributed by atoms with Crippen LogP contribution in [0.2, 0.25) is 0 Å². The number of nitrogens with one attached hydrogen (secondary N) is 2. The Bertz CT molecular complexity index is 1150. The van der Waals surface area contributed by atoms with Gasteiger partial charge in [0.1, 0.15) is 5.75 Å². The van der Waals surface area contributed by atoms with Crippen LogP contribution in [-0.2, 0) is 26.0 Å². The van der Waals surface area contributed by atoms with Crippen LogP contribution in [0.4, 0.5) is 5.69 Å². The molecular weight excluding hydrogens is 442 g/mol. The van der Waals surface area contributed by atoms with Gasteiger partial charge in [-0.2, -0.15) is 4.31 Å². The summed E-state index contributed by atoms with van der Waals surface area (Å²) < 4.78 is 33.9. The molecular formula is C24H29N3O5S. The number of hydrogen-bond acceptors (Lipinski definition) is 5. The summed E-state index contributed by atoms with van der Waals surface area (Å²) in [5.41, 5.74) is 2.12. The van der Waals surface area contributed by atoms with Gasteiger partial charge in [-0.05, 0) is 50.3 Å². The van der Waals surface area contributed by atoms with Crippen LogP contribution >= 0.6 is 0 Å². The molecule has 2 atom stereocenters. The Morgan fingerprint density at radius 3 is 2.76 bits per heavy atom. The number of anilines is 1. The molecule has 2 aliphatic rings. The number of piperidine rings is 1. The summed E-state index contributed by atoms with van der Waals surface area (Å²) in [7, 11) is -3.83. The molecule has 0 radical (unpaired) electrons. The number of sulfonamides is 1. The lowest BCUT2D eigenvalue weighted by Crippen LogP contribution is -2.45. The number of aryl methyl sites for hydroxylation is 1. The van der Waals surface area contributed by atoms with Gasteiger partial charge in [-0.1, -0.05) is 30.3 Å². The molecule has 8 nitrogen and oxygen atoms in total. The molecule has 1 fully saturated rings. The van der Waals surface area contributed by atoms with Crippen molar-refractivity contribution in [1.29, 1.82) is 0 Å². The van der Waals surface area contributed by atoms with E-state index in [0.29, 0.717) is 42.9 Å². The summed E-state index contributed by atoms with van der Waals surface area (Å²) in [4.78, 5) is 24.7. The number of ether oxygens (including phenoxy) is 1. The van der Waals surface area contributed by atoms with Gasteiger partial charge in [-0.15, -0.1) is 0 Å². The van der Waals surface area contributed by atoms with E-state index in [1.807, 2.05) is 30.3 Å². The van der Waals surface area contributed by atoms with Gasteiger partial charge in [0, 0.05) is 25.7 Å². The number of nitrogens with zero attached hydrogens (tertiary/aromatic N) is 1. The first-order chi connectivity index (χ1) is 15.8. The van der Waals surface area contributed by atoms with Crippen LogP contribution < -0.4 is 15.4 Å². The van der Waals surface area contributed by atoms with Crippen molar-refractivity contribution in [2.24, 2.45) is 5.92 Å². The van der Waals surface area contributed by atoms with Crippen LogP contribution in [0.15, 0.2) is 47.4 Å². The van der Waals surface area contributed by atoms with E-state index in [4.69, 9.17) is 4.74 Å². The van der Waals surface area contributed by atoms with Crippen molar-refractivity contribution in [2.45, 2.75) is 44.1 Å². The molecule has 0 saturated carbocycles. The van der Waals surface area contributed by atoms with Crippen LogP contribution in [0, 0.1) is 12.8 Å². The Morgan fingerprint density at radius 2 is 2.00 bits per heavy atom. The number of fused-ring (bicyclic) bond motifs is 1. The maximum atomic E-state index is 13.5. The minimum absolute atomic E-state index is 0.118. The number of carbonyl (C=O) groups is 2. The van der Waals surface area contributed by atoms with Gasteiger partial charge in [0.05, 0.1) is 16.5 Å². The lowest BCUT2D eigenvalue weighted by atomic mass is 9.99. The molecule has 2 N–H and O–H groups in total. The average Bonchev–Trinajstić information content (AvgIpc) is 2.80. The molecule has 0 unspecified atom stereocenters. The zero-order valence-corrected chi connectivity index (χ0v) is 19.7. The maximum Gasteiger partial charge on any atom is 0.265 e. The van der Waals surface area contributed by atoms with E-state index in [0.717, 1.165) is 12.0 Å². The van der Waals surface area contributed by atoms with E-state index in [1.165, 1.54) is 10.4 Å². The summed E-state index contributed by atoms with van der Waals surface area (Å²) in [6.45, 7) is 4.31. The highest BCUT2D eigenvalue weighted by molar-refractivity contribution is 7.89. The second-order valence-corrected chi connectivity index (χ2v) is 10.5. The first kappa shape index (κ1) is 23.3. The van der Waals surface area contributed by atoms with Gasteiger partial charge in [0.25, 0.3) is 5.91 Å². The Hall–Kier alpha value is -2.91. The smallest absolute Gasteiger partial charge is 0.265 e. The van der Waals surface area contributed by atoms with E-state index in [9.17, 15) is 18.0 Å². The minimum atomic E-state index is -3.83. The van der Waals surface area contributed by atoms with Gasteiger partial charge in [-0.3, -0.25) is 9.59 Å². The van der Waals surface area contributed by atoms with E-state index >= 15 is 0 Å². The first-order valence-corrected chi connectivity index (χ1v) is 12.6. The number of hydrogen-bond donors (Lipinski definition) is 2. The summed E-state index contributed by atoms with van der Waals surface area (Å²) in [5, 5.41) is 5.69. The quantitative estimate of drug-likeness (QED) is 0.674. The van der Waals surface area contributed by atoms with Gasteiger partial charge in [0.15, 0.2) is 6.10 Å². The molecule has 176 valence electrons. The molecule has 0 spiro atoms. The van der Waals surface area contributed by atoms with Gasteiger partial charge in [-0.25, -0.2) is 8.42 Å². The van der Waals surface area contributed by atoms with E-state index in [1.54, 1.807) is 19.9 Å². The predicted molar refractivity (Wildman–Crippen MR) is 125 cm³/mol. The third kappa shape index (κ3) is 5.04. The molecule has 2 heterocycles. The monoisotopic (exact) mass is 471 g/mol. The lowest BCUT2D eigenvalue weighted by Gasteiger charge is -2.32. The van der Waals surface area contributed by atoms with Crippen molar-refractivity contribution in [2.75, 3.05) is 25.0 Å². The highest BCUT2D eigenvalue weighted by Gasteiger charge is 2.35. The first-order valence-electron chi connectivity index (χ1n) is 11.2. The topological polar surface area (TPSA) is 105 Å². The molecule has 9 heteroatoms. The van der Waals surface area contributed by atoms with E-state index < -0.39 is 22.0 Å². The third-order valence-corrected chi connectivity index (χ3v) is 8.14. The Morgan fingerprint density at radius 1 is 1.24 bits per heavy atom. The molecule has 2 aliphatic heterocycles. The zero-order chi connectivity index (χ0) is 23.6. The molecule has 1 saturated heterocycles. The molecule has 2 aromatic carbocycles. The fourth-order valence-corrected chi connectivity index (χ4v) is 6.00. The SMILES string of the molecule is Cc1cc2c(cc1S(=O)(=O)N1CCC[C@@H](C(=O)NCCc3ccccc3)C1)O[C@@H](C)C(=O)N2. The Balaban J connectivity index is 1.44. The predicted octanol–water partition coefficient (Wildman–Crippen LogP) is 2.47. The maximum absolute atomic E-state index is 13.5. The van der Waals surface area contributed by atoms with E-state index in [-0.39, 0.29) is 23.3 Å². The highest BCUT2D eigenvalue weighted by Crippen LogP contribution is 2.36. The summed E-state index contributed by atoms with van der Waals surface area (Å²) in [5.74, 6) is -0.446. The van der Waals surface area contributed by atoms with Crippen LogP contribution in [0.5, 0.6) is 5.75 Å². The molecule has 0 aromatic heterocycles. The molecule has 4 rings (SSSR count). The molecule has 33 heavy (non-hydrogen) atoms. The van der Waals surface area contributed by atoms with Gasteiger partial charge in [0.2, 0.25) is 15.9 Å². The van der Waals surface area contributed by atoms with Crippen LogP contribution in [0.1, 0.15) is 30.9 Å². The average molecular weight is 472 g/mol. The van der Waals surface area contributed by atoms with Crippen LogP contribution in [0.3, 0.4) is 0 Å². The minimum Gasteiger partial charge on any atom is -0.479 e. The second kappa shape index (κ2) is 9.52. The number of rotatable bonds is 6. The summed E-state index contributed by atoms with van der Waals surface area (Å²) >= 11 is 0. The number of amides is 2. The van der Waals surface area contributed by atoms with Crippen molar-refractivity contribution in [3.8, 4) is 5.75 Å². The largest absolute Gasteiger partial charge is 0.479 e. The summed E-state index contributed by atoms with van der Waals surface area (Å²) in [6.07, 6.45) is 1.29. The highest BCUT2D eigenvalue weighted by atomic mass is 32.2. The molecule has 2 aromatic rings. The Labute approximate surface area is 194 Å². The fraction of sp³-hybridized carbons (Fsp3) is 0.417. The van der Waals surface area contributed by atoms with Crippen molar-refractivity contribution in [3.05, 3.63) is 53.6 Å². The standard InChI is InChI=1S/C24H29N3O5S/c1-16-13-20-21(32-17(2)23(28)26-20)14-22(16)33(30,31)27-12-6-9-19(15-27)24(29)25-11-10-18-7-4-3-5-8-18/h3-5,7-8,13-14,17,19H,6,9-12,15H2,1-2H3,(H,25,29)(H,26,28)/t17-,19+/m0/s1. The van der Waals surface area contributed by atoms with Gasteiger partial charge >= 0.3 is 0 Å². The molecule has 2 amide bonds.